The standard InChI is InChI=1S/C24H25NO4/c1-3-29-22-12-16(8-9-20(22)26)18-13-23(28)25-19-10-17(11-21(27)24(18)19)15-6-4-14(2)5-7-15/h4-9,12,17-18,26H,3,10-11,13H2,1-2H3,(H,25,28). The van der Waals surface area contributed by atoms with Crippen LogP contribution in [0.2, 0.25) is 0 Å². The molecular weight excluding hydrogens is 366 g/mol. The Balaban J connectivity index is 1.70. The van der Waals surface area contributed by atoms with E-state index in [0.717, 1.165) is 16.8 Å². The first-order valence-electron chi connectivity index (χ1n) is 10.0. The van der Waals surface area contributed by atoms with E-state index >= 15 is 0 Å². The van der Waals surface area contributed by atoms with Crippen molar-refractivity contribution in [1.82, 2.24) is 5.32 Å². The zero-order valence-corrected chi connectivity index (χ0v) is 16.7. The Bertz CT molecular complexity index is 990. The van der Waals surface area contributed by atoms with Crippen LogP contribution in [0.25, 0.3) is 0 Å². The number of phenols is 1. The van der Waals surface area contributed by atoms with Crippen molar-refractivity contribution < 1.29 is 19.4 Å². The highest BCUT2D eigenvalue weighted by molar-refractivity contribution is 6.02. The minimum absolute atomic E-state index is 0.0551. The van der Waals surface area contributed by atoms with Gasteiger partial charge in [0.15, 0.2) is 17.3 Å². The number of allylic oxidation sites excluding steroid dienone is 2. The molecule has 0 spiro atoms. The van der Waals surface area contributed by atoms with Crippen molar-refractivity contribution in [3.63, 3.8) is 0 Å². The molecule has 0 fully saturated rings. The average molecular weight is 391 g/mol. The molecule has 2 N–H and O–H groups in total. The van der Waals surface area contributed by atoms with Gasteiger partial charge in [0.05, 0.1) is 6.61 Å². The summed E-state index contributed by atoms with van der Waals surface area (Å²) in [7, 11) is 0. The molecule has 0 bridgehead atoms. The number of ether oxygens (including phenoxy) is 1. The van der Waals surface area contributed by atoms with Gasteiger partial charge in [0, 0.05) is 30.0 Å². The molecule has 5 heteroatoms. The zero-order chi connectivity index (χ0) is 20.5. The van der Waals surface area contributed by atoms with E-state index in [0.29, 0.717) is 30.8 Å². The Kier molecular flexibility index (Phi) is 5.14. The van der Waals surface area contributed by atoms with Crippen molar-refractivity contribution in [2.75, 3.05) is 6.61 Å². The number of phenolic OH excluding ortho intramolecular Hbond substituents is 1. The Morgan fingerprint density at radius 1 is 1.03 bits per heavy atom. The van der Waals surface area contributed by atoms with Gasteiger partial charge in [-0.25, -0.2) is 0 Å². The summed E-state index contributed by atoms with van der Waals surface area (Å²) in [6.07, 6.45) is 1.30. The monoisotopic (exact) mass is 391 g/mol. The van der Waals surface area contributed by atoms with Crippen LogP contribution in [0.15, 0.2) is 53.7 Å². The van der Waals surface area contributed by atoms with Crippen LogP contribution in [0, 0.1) is 6.92 Å². The van der Waals surface area contributed by atoms with Crippen LogP contribution in [-0.2, 0) is 9.59 Å². The summed E-state index contributed by atoms with van der Waals surface area (Å²) in [5.74, 6) is 0.174. The maximum Gasteiger partial charge on any atom is 0.225 e. The fourth-order valence-electron chi connectivity index (χ4n) is 4.34. The Morgan fingerprint density at radius 2 is 1.76 bits per heavy atom. The Hall–Kier alpha value is -3.08. The number of amides is 1. The quantitative estimate of drug-likeness (QED) is 0.823. The lowest BCUT2D eigenvalue weighted by molar-refractivity contribution is -0.122. The number of ketones is 1. The molecule has 0 radical (unpaired) electrons. The highest BCUT2D eigenvalue weighted by atomic mass is 16.5. The molecular formula is C24H25NO4. The molecule has 4 rings (SSSR count). The van der Waals surface area contributed by atoms with Crippen LogP contribution in [0.1, 0.15) is 54.7 Å². The van der Waals surface area contributed by atoms with Gasteiger partial charge in [-0.3, -0.25) is 9.59 Å². The largest absolute Gasteiger partial charge is 0.504 e. The first kappa shape index (κ1) is 19.2. The number of aromatic hydroxyl groups is 1. The van der Waals surface area contributed by atoms with Crippen LogP contribution in [-0.4, -0.2) is 23.4 Å². The summed E-state index contributed by atoms with van der Waals surface area (Å²) in [6, 6.07) is 13.3. The number of aryl methyl sites for hydroxylation is 1. The fourth-order valence-corrected chi connectivity index (χ4v) is 4.34. The van der Waals surface area contributed by atoms with E-state index in [9.17, 15) is 14.7 Å². The van der Waals surface area contributed by atoms with E-state index in [4.69, 9.17) is 4.74 Å². The van der Waals surface area contributed by atoms with Crippen LogP contribution in [0.3, 0.4) is 0 Å². The van der Waals surface area contributed by atoms with Crippen LogP contribution < -0.4 is 10.1 Å². The third kappa shape index (κ3) is 3.77. The van der Waals surface area contributed by atoms with Gasteiger partial charge in [0.2, 0.25) is 5.91 Å². The first-order chi connectivity index (χ1) is 14.0. The predicted molar refractivity (Wildman–Crippen MR) is 110 cm³/mol. The molecule has 1 heterocycles. The SMILES string of the molecule is CCOc1cc(C2CC(=O)NC3=C2C(=O)CC(c2ccc(C)cc2)C3)ccc1O. The molecule has 2 aliphatic rings. The van der Waals surface area contributed by atoms with Crippen LogP contribution >= 0.6 is 0 Å². The minimum atomic E-state index is -0.315. The second kappa shape index (κ2) is 7.74. The fraction of sp³-hybridized carbons (Fsp3) is 0.333. The average Bonchev–Trinajstić information content (AvgIpc) is 2.69. The number of Topliss-reactive ketones (excluding diaryl/α,β-unsaturated/α-hetero) is 1. The number of carbonyl (C=O) groups excluding carboxylic acids is 2. The molecule has 29 heavy (non-hydrogen) atoms. The van der Waals surface area contributed by atoms with Crippen molar-refractivity contribution in [3.05, 3.63) is 70.4 Å². The number of hydrogen-bond acceptors (Lipinski definition) is 4. The lowest BCUT2D eigenvalue weighted by Crippen LogP contribution is -2.38. The summed E-state index contributed by atoms with van der Waals surface area (Å²) in [6.45, 7) is 4.31. The molecule has 1 amide bonds. The summed E-state index contributed by atoms with van der Waals surface area (Å²) >= 11 is 0. The molecule has 2 atom stereocenters. The number of nitrogens with one attached hydrogen (secondary N) is 1. The highest BCUT2D eigenvalue weighted by Gasteiger charge is 2.38. The van der Waals surface area contributed by atoms with Gasteiger partial charge in [-0.1, -0.05) is 35.9 Å². The van der Waals surface area contributed by atoms with E-state index in [2.05, 4.69) is 29.6 Å². The zero-order valence-electron chi connectivity index (χ0n) is 16.7. The molecule has 0 aromatic heterocycles. The van der Waals surface area contributed by atoms with Gasteiger partial charge in [-0.05, 0) is 49.4 Å². The van der Waals surface area contributed by atoms with E-state index in [-0.39, 0.29) is 35.7 Å². The van der Waals surface area contributed by atoms with Gasteiger partial charge in [-0.2, -0.15) is 0 Å². The second-order valence-corrected chi connectivity index (χ2v) is 7.80. The van der Waals surface area contributed by atoms with Crippen molar-refractivity contribution >= 4 is 11.7 Å². The molecule has 2 aromatic rings. The summed E-state index contributed by atoms with van der Waals surface area (Å²) in [4.78, 5) is 25.6. The van der Waals surface area contributed by atoms with Gasteiger partial charge in [-0.15, -0.1) is 0 Å². The van der Waals surface area contributed by atoms with E-state index < -0.39 is 0 Å². The summed E-state index contributed by atoms with van der Waals surface area (Å²) in [5, 5.41) is 12.9. The maximum absolute atomic E-state index is 13.2. The molecule has 0 saturated carbocycles. The van der Waals surface area contributed by atoms with Crippen molar-refractivity contribution in [1.29, 1.82) is 0 Å². The second-order valence-electron chi connectivity index (χ2n) is 7.80. The third-order valence-corrected chi connectivity index (χ3v) is 5.77. The topological polar surface area (TPSA) is 75.6 Å². The lowest BCUT2D eigenvalue weighted by Gasteiger charge is -2.34. The molecule has 1 aliphatic carbocycles. The number of rotatable bonds is 4. The Morgan fingerprint density at radius 3 is 2.48 bits per heavy atom. The van der Waals surface area contributed by atoms with Crippen molar-refractivity contribution in [3.8, 4) is 11.5 Å². The molecule has 5 nitrogen and oxygen atoms in total. The highest BCUT2D eigenvalue weighted by Crippen LogP contribution is 2.43. The van der Waals surface area contributed by atoms with Crippen LogP contribution in [0.4, 0.5) is 0 Å². The van der Waals surface area contributed by atoms with Crippen molar-refractivity contribution in [2.24, 2.45) is 0 Å². The predicted octanol–water partition coefficient (Wildman–Crippen LogP) is 4.10. The van der Waals surface area contributed by atoms with E-state index in [1.54, 1.807) is 18.2 Å². The van der Waals surface area contributed by atoms with E-state index in [1.165, 1.54) is 5.56 Å². The molecule has 150 valence electrons. The van der Waals surface area contributed by atoms with Crippen molar-refractivity contribution in [2.45, 2.75) is 44.9 Å². The van der Waals surface area contributed by atoms with Crippen LogP contribution in [0.5, 0.6) is 11.5 Å². The maximum atomic E-state index is 13.2. The Labute approximate surface area is 170 Å². The molecule has 2 aromatic carbocycles. The number of carbonyl (C=O) groups is 2. The summed E-state index contributed by atoms with van der Waals surface area (Å²) in [5.41, 5.74) is 4.55. The van der Waals surface area contributed by atoms with Gasteiger partial charge in [0.1, 0.15) is 0 Å². The number of benzene rings is 2. The molecule has 2 unspecified atom stereocenters. The third-order valence-electron chi connectivity index (χ3n) is 5.77. The van der Waals surface area contributed by atoms with Gasteiger partial charge in [0.25, 0.3) is 0 Å². The van der Waals surface area contributed by atoms with Gasteiger partial charge < -0.3 is 15.2 Å². The smallest absolute Gasteiger partial charge is 0.225 e. The minimum Gasteiger partial charge on any atom is -0.504 e. The van der Waals surface area contributed by atoms with E-state index in [1.807, 2.05) is 13.8 Å². The molecule has 1 aliphatic heterocycles. The normalized spacial score (nSPS) is 21.6. The van der Waals surface area contributed by atoms with Gasteiger partial charge >= 0.3 is 0 Å². The first-order valence-corrected chi connectivity index (χ1v) is 10.0. The lowest BCUT2D eigenvalue weighted by atomic mass is 9.73. The number of hydrogen-bond donors (Lipinski definition) is 2. The molecule has 0 saturated heterocycles. The summed E-state index contributed by atoms with van der Waals surface area (Å²) < 4.78 is 5.49.